The van der Waals surface area contributed by atoms with Crippen molar-refractivity contribution in [3.63, 3.8) is 0 Å². The molecular weight excluding hydrogens is 312 g/mol. The van der Waals surface area contributed by atoms with E-state index >= 15 is 0 Å². The molecule has 0 aliphatic heterocycles. The summed E-state index contributed by atoms with van der Waals surface area (Å²) in [5, 5.41) is 7.61. The minimum Gasteiger partial charge on any atom is -0.370 e. The van der Waals surface area contributed by atoms with Crippen molar-refractivity contribution in [2.24, 2.45) is 5.73 Å². The maximum atomic E-state index is 11.8. The molecule has 0 saturated heterocycles. The molecule has 24 heavy (non-hydrogen) atoms. The van der Waals surface area contributed by atoms with Crippen molar-refractivity contribution in [3.05, 3.63) is 0 Å². The third-order valence-electron chi connectivity index (χ3n) is 2.79. The second-order valence-corrected chi connectivity index (χ2v) is 4.58. The first kappa shape index (κ1) is 26.9. The van der Waals surface area contributed by atoms with Crippen LogP contribution in [0.25, 0.3) is 0 Å². The Labute approximate surface area is 145 Å². The average Bonchev–Trinajstić information content (AvgIpc) is 2.56. The Balaban J connectivity index is -0.00000102. The van der Waals surface area contributed by atoms with Gasteiger partial charge in [0, 0.05) is 0 Å². The number of hydrogen-bond donors (Lipinski definition) is 4. The van der Waals surface area contributed by atoms with Gasteiger partial charge < -0.3 is 21.7 Å². The number of Topliss-reactive ketones (excluding diaryl/α,β-unsaturated/α-hetero) is 1. The molecule has 0 aliphatic rings. The highest BCUT2D eigenvalue weighted by Crippen LogP contribution is 1.95. The number of hydrogen-bond acceptors (Lipinski definition) is 5. The van der Waals surface area contributed by atoms with Crippen LogP contribution in [-0.2, 0) is 19.2 Å². The van der Waals surface area contributed by atoms with Gasteiger partial charge in [0.1, 0.15) is 6.04 Å². The summed E-state index contributed by atoms with van der Waals surface area (Å²) in [6, 6.07) is -2.24. The van der Waals surface area contributed by atoms with E-state index in [1.807, 2.05) is 27.7 Å². The minimum atomic E-state index is -0.971. The van der Waals surface area contributed by atoms with Gasteiger partial charge in [-0.2, -0.15) is 0 Å². The van der Waals surface area contributed by atoms with E-state index in [2.05, 4.69) is 16.0 Å². The van der Waals surface area contributed by atoms with E-state index in [1.165, 1.54) is 13.8 Å². The van der Waals surface area contributed by atoms with Crippen LogP contribution in [0.3, 0.4) is 0 Å². The molecule has 142 valence electrons. The van der Waals surface area contributed by atoms with Gasteiger partial charge in [-0.1, -0.05) is 27.7 Å². The van der Waals surface area contributed by atoms with Crippen LogP contribution in [0.15, 0.2) is 0 Å². The van der Waals surface area contributed by atoms with Crippen LogP contribution in [0, 0.1) is 0 Å². The normalized spacial score (nSPS) is 12.8. The molecule has 0 heterocycles. The van der Waals surface area contributed by atoms with E-state index in [4.69, 9.17) is 5.73 Å². The molecule has 0 aliphatic carbocycles. The maximum absolute atomic E-state index is 11.8. The van der Waals surface area contributed by atoms with E-state index < -0.39 is 29.9 Å². The summed E-state index contributed by atoms with van der Waals surface area (Å²) in [5.74, 6) is -1.96. The topological polar surface area (TPSA) is 130 Å². The SMILES string of the molecule is CC.CC.CNC(C)C(=O)NC(C)C(=O)NC(CC(N)=O)C(C)=O. The molecule has 3 unspecified atom stereocenters. The number of likely N-dealkylation sites (N-methyl/N-ethyl adjacent to an activating group) is 1. The van der Waals surface area contributed by atoms with E-state index in [-0.39, 0.29) is 18.1 Å². The molecule has 0 aromatic carbocycles. The van der Waals surface area contributed by atoms with Crippen molar-refractivity contribution in [3.8, 4) is 0 Å². The number of nitrogens with two attached hydrogens (primary N) is 1. The molecule has 0 aromatic rings. The molecule has 8 nitrogen and oxygen atoms in total. The third kappa shape index (κ3) is 12.6. The summed E-state index contributed by atoms with van der Waals surface area (Å²) in [7, 11) is 1.62. The van der Waals surface area contributed by atoms with E-state index in [1.54, 1.807) is 14.0 Å². The largest absolute Gasteiger partial charge is 0.370 e. The summed E-state index contributed by atoms with van der Waals surface area (Å²) < 4.78 is 0. The number of ketones is 1. The van der Waals surface area contributed by atoms with Crippen molar-refractivity contribution in [2.75, 3.05) is 7.05 Å². The Hall–Kier alpha value is -1.96. The lowest BCUT2D eigenvalue weighted by Gasteiger charge is -2.20. The van der Waals surface area contributed by atoms with Crippen LogP contribution in [0.5, 0.6) is 0 Å². The lowest BCUT2D eigenvalue weighted by atomic mass is 10.1. The van der Waals surface area contributed by atoms with Gasteiger partial charge in [-0.15, -0.1) is 0 Å². The number of carbonyl (C=O) groups is 4. The van der Waals surface area contributed by atoms with E-state index in [0.717, 1.165) is 0 Å². The second-order valence-electron chi connectivity index (χ2n) is 4.58. The first-order chi connectivity index (χ1) is 11.2. The third-order valence-corrected chi connectivity index (χ3v) is 2.79. The molecule has 3 atom stereocenters. The van der Waals surface area contributed by atoms with Gasteiger partial charge in [-0.05, 0) is 27.8 Å². The van der Waals surface area contributed by atoms with E-state index in [9.17, 15) is 19.2 Å². The van der Waals surface area contributed by atoms with Gasteiger partial charge in [-0.3, -0.25) is 19.2 Å². The second kappa shape index (κ2) is 15.9. The van der Waals surface area contributed by atoms with Crippen molar-refractivity contribution in [2.45, 2.75) is 73.0 Å². The van der Waals surface area contributed by atoms with Crippen LogP contribution >= 0.6 is 0 Å². The number of amides is 3. The highest BCUT2D eigenvalue weighted by Gasteiger charge is 2.24. The zero-order valence-electron chi connectivity index (χ0n) is 16.1. The molecule has 0 rings (SSSR count). The van der Waals surface area contributed by atoms with Crippen molar-refractivity contribution < 1.29 is 19.2 Å². The quantitative estimate of drug-likeness (QED) is 0.495. The Bertz CT molecular complexity index is 400. The number of carbonyl (C=O) groups excluding carboxylic acids is 4. The summed E-state index contributed by atoms with van der Waals surface area (Å²) in [6.45, 7) is 12.4. The summed E-state index contributed by atoms with van der Waals surface area (Å²) >= 11 is 0. The van der Waals surface area contributed by atoms with Gasteiger partial charge in [0.15, 0.2) is 5.78 Å². The zero-order chi connectivity index (χ0) is 19.9. The van der Waals surface area contributed by atoms with Gasteiger partial charge >= 0.3 is 0 Å². The van der Waals surface area contributed by atoms with Crippen LogP contribution in [0.1, 0.15) is 54.9 Å². The smallest absolute Gasteiger partial charge is 0.242 e. The molecule has 0 fully saturated rings. The monoisotopic (exact) mass is 346 g/mol. The Morgan fingerprint density at radius 1 is 0.875 bits per heavy atom. The average molecular weight is 346 g/mol. The fourth-order valence-electron chi connectivity index (χ4n) is 1.33. The molecular formula is C16H34N4O4. The summed E-state index contributed by atoms with van der Waals surface area (Å²) in [6.07, 6.45) is -0.269. The summed E-state index contributed by atoms with van der Waals surface area (Å²) in [4.78, 5) is 45.5. The van der Waals surface area contributed by atoms with Crippen molar-refractivity contribution in [1.82, 2.24) is 16.0 Å². The van der Waals surface area contributed by atoms with Crippen molar-refractivity contribution in [1.29, 1.82) is 0 Å². The maximum Gasteiger partial charge on any atom is 0.242 e. The van der Waals surface area contributed by atoms with Crippen LogP contribution in [-0.4, -0.2) is 48.7 Å². The fourth-order valence-corrected chi connectivity index (χ4v) is 1.33. The Morgan fingerprint density at radius 3 is 1.62 bits per heavy atom. The lowest BCUT2D eigenvalue weighted by molar-refractivity contribution is -0.132. The molecule has 5 N–H and O–H groups in total. The minimum absolute atomic E-state index is 0.269. The Morgan fingerprint density at radius 2 is 1.29 bits per heavy atom. The molecule has 0 aromatic heterocycles. The summed E-state index contributed by atoms with van der Waals surface area (Å²) in [5.41, 5.74) is 5.00. The lowest BCUT2D eigenvalue weighted by Crippen LogP contribution is -2.53. The zero-order valence-corrected chi connectivity index (χ0v) is 16.1. The molecule has 0 radical (unpaired) electrons. The Kier molecular flexibility index (Phi) is 17.8. The molecule has 0 saturated carbocycles. The molecule has 8 heteroatoms. The number of nitrogens with one attached hydrogen (secondary N) is 3. The van der Waals surface area contributed by atoms with Crippen LogP contribution < -0.4 is 21.7 Å². The van der Waals surface area contributed by atoms with Crippen LogP contribution in [0.2, 0.25) is 0 Å². The standard InChI is InChI=1S/C12H22N4O4.2C2H6/c1-6(14-4)11(19)15-7(2)12(20)16-9(8(3)17)5-10(13)18;2*1-2/h6-7,9,14H,5H2,1-4H3,(H2,13,18)(H,15,19)(H,16,20);2*1-2H3. The first-order valence-corrected chi connectivity index (χ1v) is 8.25. The van der Waals surface area contributed by atoms with Gasteiger partial charge in [0.2, 0.25) is 17.7 Å². The van der Waals surface area contributed by atoms with Gasteiger partial charge in [0.05, 0.1) is 18.5 Å². The fraction of sp³-hybridized carbons (Fsp3) is 0.750. The van der Waals surface area contributed by atoms with E-state index in [0.29, 0.717) is 0 Å². The highest BCUT2D eigenvalue weighted by atomic mass is 16.2. The van der Waals surface area contributed by atoms with Crippen molar-refractivity contribution >= 4 is 23.5 Å². The highest BCUT2D eigenvalue weighted by molar-refractivity contribution is 5.94. The predicted octanol–water partition coefficient (Wildman–Crippen LogP) is 0.101. The van der Waals surface area contributed by atoms with Crippen LogP contribution in [0.4, 0.5) is 0 Å². The molecule has 0 bridgehead atoms. The van der Waals surface area contributed by atoms with Gasteiger partial charge in [0.25, 0.3) is 0 Å². The predicted molar refractivity (Wildman–Crippen MR) is 95.2 cm³/mol. The first-order valence-electron chi connectivity index (χ1n) is 8.25. The van der Waals surface area contributed by atoms with Gasteiger partial charge in [-0.25, -0.2) is 0 Å². The molecule has 0 spiro atoms. The number of primary amides is 1. The number of rotatable bonds is 8. The molecule has 3 amide bonds.